The van der Waals surface area contributed by atoms with Crippen molar-refractivity contribution in [1.82, 2.24) is 0 Å². The Morgan fingerprint density at radius 3 is 2.64 bits per heavy atom. The summed E-state index contributed by atoms with van der Waals surface area (Å²) in [6.45, 7) is 1.94. The van der Waals surface area contributed by atoms with Crippen molar-refractivity contribution in [3.05, 3.63) is 29.3 Å². The van der Waals surface area contributed by atoms with Crippen LogP contribution < -0.4 is 5.73 Å². The van der Waals surface area contributed by atoms with Gasteiger partial charge in [-0.2, -0.15) is 0 Å². The summed E-state index contributed by atoms with van der Waals surface area (Å²) >= 11 is 7.50. The maximum absolute atomic E-state index is 9.10. The highest BCUT2D eigenvalue weighted by atomic mass is 35.5. The average molecular weight is 232 g/mol. The molecular weight excluding hydrogens is 218 g/mol. The lowest BCUT2D eigenvalue weighted by molar-refractivity contribution is 0.285. The molecule has 1 aromatic rings. The topological polar surface area (TPSA) is 46.2 Å². The maximum Gasteiger partial charge on any atom is 0.0568 e. The smallest absolute Gasteiger partial charge is 0.0568 e. The maximum atomic E-state index is 9.10. The summed E-state index contributed by atoms with van der Waals surface area (Å²) in [6, 6.07) is 7.51. The summed E-state index contributed by atoms with van der Waals surface area (Å²) in [4.78, 5) is 0.963. The first-order valence-electron chi connectivity index (χ1n) is 4.42. The number of halogens is 1. The zero-order valence-electron chi connectivity index (χ0n) is 7.98. The van der Waals surface area contributed by atoms with Crippen LogP contribution in [0.15, 0.2) is 29.2 Å². The van der Waals surface area contributed by atoms with Crippen molar-refractivity contribution in [2.75, 3.05) is 6.61 Å². The van der Waals surface area contributed by atoms with Crippen LogP contribution in [0.25, 0.3) is 0 Å². The Labute approximate surface area is 93.5 Å². The largest absolute Gasteiger partial charge is 0.395 e. The van der Waals surface area contributed by atoms with Crippen molar-refractivity contribution in [3.63, 3.8) is 0 Å². The van der Waals surface area contributed by atoms with Crippen LogP contribution in [0.1, 0.15) is 6.92 Å². The van der Waals surface area contributed by atoms with E-state index < -0.39 is 0 Å². The molecule has 0 heterocycles. The van der Waals surface area contributed by atoms with Crippen LogP contribution in [-0.2, 0) is 0 Å². The van der Waals surface area contributed by atoms with E-state index in [1.807, 2.05) is 31.2 Å². The molecule has 0 aliphatic carbocycles. The Bertz CT molecular complexity index is 293. The third kappa shape index (κ3) is 3.17. The minimum atomic E-state index is -0.0544. The van der Waals surface area contributed by atoms with Crippen molar-refractivity contribution in [2.45, 2.75) is 23.1 Å². The molecule has 0 radical (unpaired) electrons. The quantitative estimate of drug-likeness (QED) is 0.781. The first-order valence-corrected chi connectivity index (χ1v) is 5.68. The summed E-state index contributed by atoms with van der Waals surface area (Å²) in [5, 5.41) is 9.81. The van der Waals surface area contributed by atoms with E-state index >= 15 is 0 Å². The molecule has 0 saturated heterocycles. The van der Waals surface area contributed by atoms with Gasteiger partial charge in [0.1, 0.15) is 0 Å². The second kappa shape index (κ2) is 5.61. The molecule has 0 aromatic heterocycles. The molecule has 2 atom stereocenters. The molecule has 78 valence electrons. The fourth-order valence-electron chi connectivity index (χ4n) is 1.01. The van der Waals surface area contributed by atoms with Gasteiger partial charge in [-0.25, -0.2) is 0 Å². The van der Waals surface area contributed by atoms with Crippen molar-refractivity contribution >= 4 is 23.4 Å². The van der Waals surface area contributed by atoms with Crippen molar-refractivity contribution in [2.24, 2.45) is 5.73 Å². The molecule has 1 rings (SSSR count). The third-order valence-electron chi connectivity index (χ3n) is 1.88. The number of benzene rings is 1. The first-order chi connectivity index (χ1) is 6.65. The fraction of sp³-hybridized carbons (Fsp3) is 0.400. The highest BCUT2D eigenvalue weighted by molar-refractivity contribution is 8.00. The van der Waals surface area contributed by atoms with Gasteiger partial charge in [-0.1, -0.05) is 23.7 Å². The number of rotatable bonds is 4. The second-order valence-corrected chi connectivity index (χ2v) is 4.82. The van der Waals surface area contributed by atoms with E-state index in [1.54, 1.807) is 0 Å². The van der Waals surface area contributed by atoms with Gasteiger partial charge in [0.05, 0.1) is 11.6 Å². The van der Waals surface area contributed by atoms with E-state index in [0.717, 1.165) is 4.90 Å². The van der Waals surface area contributed by atoms with E-state index in [0.29, 0.717) is 5.02 Å². The van der Waals surface area contributed by atoms with E-state index in [-0.39, 0.29) is 17.9 Å². The predicted octanol–water partition coefficient (Wildman–Crippen LogP) is 2.14. The van der Waals surface area contributed by atoms with Gasteiger partial charge >= 0.3 is 0 Å². The molecule has 1 aromatic carbocycles. The van der Waals surface area contributed by atoms with Gasteiger partial charge < -0.3 is 10.8 Å². The van der Waals surface area contributed by atoms with Crippen LogP contribution in [0.3, 0.4) is 0 Å². The molecule has 0 saturated carbocycles. The van der Waals surface area contributed by atoms with Gasteiger partial charge in [0.15, 0.2) is 0 Å². The lowest BCUT2D eigenvalue weighted by Gasteiger charge is -2.17. The molecule has 0 fully saturated rings. The Balaban J connectivity index is 2.72. The molecule has 2 nitrogen and oxygen atoms in total. The number of aliphatic hydroxyl groups is 1. The van der Waals surface area contributed by atoms with Crippen LogP contribution >= 0.6 is 23.4 Å². The number of thioether (sulfide) groups is 1. The Hall–Kier alpha value is -0.220. The highest BCUT2D eigenvalue weighted by Crippen LogP contribution is 2.30. The lowest BCUT2D eigenvalue weighted by Crippen LogP contribution is -2.31. The monoisotopic (exact) mass is 231 g/mol. The molecular formula is C10H14ClNOS. The third-order valence-corrected chi connectivity index (χ3v) is 3.81. The molecule has 14 heavy (non-hydrogen) atoms. The molecule has 0 aliphatic heterocycles. The summed E-state index contributed by atoms with van der Waals surface area (Å²) in [7, 11) is 0. The van der Waals surface area contributed by atoms with Gasteiger partial charge in [-0.15, -0.1) is 11.8 Å². The van der Waals surface area contributed by atoms with Crippen molar-refractivity contribution in [1.29, 1.82) is 0 Å². The fourth-order valence-corrected chi connectivity index (χ4v) is 2.24. The van der Waals surface area contributed by atoms with Crippen LogP contribution in [0.5, 0.6) is 0 Å². The summed E-state index contributed by atoms with van der Waals surface area (Å²) in [5.74, 6) is 0. The number of nitrogens with two attached hydrogens (primary N) is 1. The normalized spacial score (nSPS) is 15.1. The summed E-state index contributed by atoms with van der Waals surface area (Å²) < 4.78 is 0. The molecule has 0 spiro atoms. The van der Waals surface area contributed by atoms with E-state index in [1.165, 1.54) is 11.8 Å². The SMILES string of the molecule is CC(N)C(CO)Sc1ccccc1Cl. The standard InChI is InChI=1S/C10H14ClNOS/c1-7(12)10(6-13)14-9-5-3-2-4-8(9)11/h2-5,7,10,13H,6,12H2,1H3. The molecule has 4 heteroatoms. The second-order valence-electron chi connectivity index (χ2n) is 3.13. The van der Waals surface area contributed by atoms with Gasteiger partial charge in [-0.05, 0) is 19.1 Å². The van der Waals surface area contributed by atoms with Crippen molar-refractivity contribution in [3.8, 4) is 0 Å². The number of aliphatic hydroxyl groups excluding tert-OH is 1. The van der Waals surface area contributed by atoms with Gasteiger partial charge in [0.25, 0.3) is 0 Å². The van der Waals surface area contributed by atoms with Crippen molar-refractivity contribution < 1.29 is 5.11 Å². The van der Waals surface area contributed by atoms with Gasteiger partial charge in [0.2, 0.25) is 0 Å². The zero-order chi connectivity index (χ0) is 10.6. The minimum absolute atomic E-state index is 0.00472. The molecule has 0 aliphatic rings. The molecule has 2 unspecified atom stereocenters. The van der Waals surface area contributed by atoms with Crippen LogP contribution in [-0.4, -0.2) is 23.0 Å². The summed E-state index contributed by atoms with van der Waals surface area (Å²) in [6.07, 6.45) is 0. The lowest BCUT2D eigenvalue weighted by atomic mass is 10.3. The zero-order valence-corrected chi connectivity index (χ0v) is 9.55. The minimum Gasteiger partial charge on any atom is -0.395 e. The number of hydrogen-bond donors (Lipinski definition) is 2. The molecule has 0 bridgehead atoms. The van der Waals surface area contributed by atoms with E-state index in [9.17, 15) is 0 Å². The average Bonchev–Trinajstić information content (AvgIpc) is 2.16. The predicted molar refractivity (Wildman–Crippen MR) is 61.8 cm³/mol. The van der Waals surface area contributed by atoms with E-state index in [2.05, 4.69) is 0 Å². The molecule has 0 amide bonds. The Morgan fingerprint density at radius 2 is 2.14 bits per heavy atom. The Kier molecular flexibility index (Phi) is 4.75. The van der Waals surface area contributed by atoms with Gasteiger partial charge in [0, 0.05) is 16.2 Å². The van der Waals surface area contributed by atoms with Gasteiger partial charge in [-0.3, -0.25) is 0 Å². The summed E-state index contributed by atoms with van der Waals surface area (Å²) in [5.41, 5.74) is 5.72. The van der Waals surface area contributed by atoms with E-state index in [4.69, 9.17) is 22.4 Å². The van der Waals surface area contributed by atoms with Crippen LogP contribution in [0.4, 0.5) is 0 Å². The molecule has 3 N–H and O–H groups in total. The van der Waals surface area contributed by atoms with Crippen LogP contribution in [0, 0.1) is 0 Å². The highest BCUT2D eigenvalue weighted by Gasteiger charge is 2.15. The first kappa shape index (κ1) is 11.9. The van der Waals surface area contributed by atoms with Crippen LogP contribution in [0.2, 0.25) is 5.02 Å². The number of hydrogen-bond acceptors (Lipinski definition) is 3. The Morgan fingerprint density at radius 1 is 1.50 bits per heavy atom.